The Morgan fingerprint density at radius 3 is 2.77 bits per heavy atom. The smallest absolute Gasteiger partial charge is 0.196 e. The Bertz CT molecular complexity index is 848. The molecule has 1 atom stereocenters. The first-order chi connectivity index (χ1) is 12.8. The van der Waals surface area contributed by atoms with E-state index in [-0.39, 0.29) is 0 Å². The minimum Gasteiger partial charge on any atom is -0.377 e. The average Bonchev–Trinajstić information content (AvgIpc) is 3.12. The van der Waals surface area contributed by atoms with E-state index in [1.165, 1.54) is 12.8 Å². The van der Waals surface area contributed by atoms with Gasteiger partial charge in [-0.3, -0.25) is 9.55 Å². The fourth-order valence-corrected chi connectivity index (χ4v) is 4.26. The first kappa shape index (κ1) is 17.7. The molecule has 7 heteroatoms. The van der Waals surface area contributed by atoms with Gasteiger partial charge >= 0.3 is 0 Å². The van der Waals surface area contributed by atoms with Gasteiger partial charge in [-0.15, -0.1) is 10.2 Å². The van der Waals surface area contributed by atoms with E-state index in [9.17, 15) is 0 Å². The maximum atomic E-state index is 5.86. The summed E-state index contributed by atoms with van der Waals surface area (Å²) in [6, 6.07) is 12.1. The highest BCUT2D eigenvalue weighted by Gasteiger charge is 2.19. The fraction of sp³-hybridized carbons (Fsp3) is 0.316. The van der Waals surface area contributed by atoms with Gasteiger partial charge in [0.2, 0.25) is 0 Å². The largest absolute Gasteiger partial charge is 0.377 e. The van der Waals surface area contributed by atoms with Crippen LogP contribution >= 0.6 is 27.7 Å². The molecule has 1 saturated heterocycles. The third kappa shape index (κ3) is 4.00. The Hall–Kier alpha value is -1.70. The summed E-state index contributed by atoms with van der Waals surface area (Å²) in [6.45, 7) is 0.867. The summed E-state index contributed by atoms with van der Waals surface area (Å²) in [7, 11) is 0. The average molecular weight is 431 g/mol. The number of pyridine rings is 1. The molecular formula is C19H19BrN4OS. The number of hydrogen-bond donors (Lipinski definition) is 0. The quantitative estimate of drug-likeness (QED) is 0.546. The Balaban J connectivity index is 1.67. The summed E-state index contributed by atoms with van der Waals surface area (Å²) in [5, 5.41) is 9.78. The molecule has 1 aliphatic rings. The van der Waals surface area contributed by atoms with Crippen LogP contribution in [-0.2, 0) is 4.74 Å². The molecule has 0 N–H and O–H groups in total. The summed E-state index contributed by atoms with van der Waals surface area (Å²) < 4.78 is 9.00. The van der Waals surface area contributed by atoms with Crippen LogP contribution in [0.2, 0.25) is 0 Å². The van der Waals surface area contributed by atoms with Gasteiger partial charge in [0, 0.05) is 40.5 Å². The highest BCUT2D eigenvalue weighted by atomic mass is 79.9. The maximum absolute atomic E-state index is 5.86. The zero-order valence-electron chi connectivity index (χ0n) is 14.2. The molecule has 5 nitrogen and oxygen atoms in total. The van der Waals surface area contributed by atoms with Crippen LogP contribution in [0.1, 0.15) is 19.3 Å². The topological polar surface area (TPSA) is 52.8 Å². The predicted molar refractivity (Wildman–Crippen MR) is 107 cm³/mol. The molecule has 0 unspecified atom stereocenters. The minimum atomic E-state index is 0.297. The first-order valence-electron chi connectivity index (χ1n) is 8.67. The number of thioether (sulfide) groups is 1. The molecule has 0 bridgehead atoms. The molecule has 26 heavy (non-hydrogen) atoms. The van der Waals surface area contributed by atoms with Gasteiger partial charge in [-0.1, -0.05) is 27.7 Å². The van der Waals surface area contributed by atoms with Crippen molar-refractivity contribution in [1.29, 1.82) is 0 Å². The SMILES string of the molecule is Brc1ccc(-n2c(SC[C@H]3CCCCO3)nnc2-c2cccnc2)cc1. The normalized spacial score (nSPS) is 17.3. The van der Waals surface area contributed by atoms with Crippen LogP contribution in [0.25, 0.3) is 17.1 Å². The van der Waals surface area contributed by atoms with Crippen LogP contribution < -0.4 is 0 Å². The van der Waals surface area contributed by atoms with Gasteiger partial charge in [0.25, 0.3) is 0 Å². The number of ether oxygens (including phenoxy) is 1. The van der Waals surface area contributed by atoms with Gasteiger partial charge in [-0.2, -0.15) is 0 Å². The lowest BCUT2D eigenvalue weighted by Crippen LogP contribution is -2.21. The lowest BCUT2D eigenvalue weighted by atomic mass is 10.1. The van der Waals surface area contributed by atoms with E-state index in [1.807, 2.05) is 30.5 Å². The monoisotopic (exact) mass is 430 g/mol. The Labute approximate surface area is 165 Å². The molecule has 1 fully saturated rings. The third-order valence-corrected chi connectivity index (χ3v) is 5.90. The van der Waals surface area contributed by atoms with Gasteiger partial charge in [-0.05, 0) is 55.7 Å². The highest BCUT2D eigenvalue weighted by Crippen LogP contribution is 2.30. The molecule has 0 spiro atoms. The molecule has 0 saturated carbocycles. The van der Waals surface area contributed by atoms with Crippen molar-refractivity contribution in [2.75, 3.05) is 12.4 Å². The van der Waals surface area contributed by atoms with Crippen molar-refractivity contribution >= 4 is 27.7 Å². The second-order valence-corrected chi connectivity index (χ2v) is 8.06. The molecule has 4 rings (SSSR count). The first-order valence-corrected chi connectivity index (χ1v) is 10.5. The van der Waals surface area contributed by atoms with E-state index >= 15 is 0 Å². The van der Waals surface area contributed by atoms with Crippen LogP contribution in [0.15, 0.2) is 58.4 Å². The van der Waals surface area contributed by atoms with Crippen molar-refractivity contribution < 1.29 is 4.74 Å². The van der Waals surface area contributed by atoms with E-state index in [0.29, 0.717) is 6.10 Å². The van der Waals surface area contributed by atoms with Crippen LogP contribution in [0, 0.1) is 0 Å². The van der Waals surface area contributed by atoms with Crippen molar-refractivity contribution in [1.82, 2.24) is 19.7 Å². The lowest BCUT2D eigenvalue weighted by molar-refractivity contribution is 0.0315. The number of halogens is 1. The Morgan fingerprint density at radius 1 is 1.15 bits per heavy atom. The lowest BCUT2D eigenvalue weighted by Gasteiger charge is -2.22. The molecule has 1 aliphatic heterocycles. The van der Waals surface area contributed by atoms with E-state index in [1.54, 1.807) is 18.0 Å². The van der Waals surface area contributed by atoms with Crippen molar-refractivity contribution in [2.24, 2.45) is 0 Å². The molecule has 0 radical (unpaired) electrons. The molecule has 1 aromatic carbocycles. The maximum Gasteiger partial charge on any atom is 0.196 e. The zero-order valence-corrected chi connectivity index (χ0v) is 16.6. The van der Waals surface area contributed by atoms with Gasteiger partial charge < -0.3 is 4.74 Å². The number of hydrogen-bond acceptors (Lipinski definition) is 5. The number of nitrogens with zero attached hydrogens (tertiary/aromatic N) is 4. The summed E-state index contributed by atoms with van der Waals surface area (Å²) in [6.07, 6.45) is 7.41. The van der Waals surface area contributed by atoms with Crippen molar-refractivity contribution in [2.45, 2.75) is 30.5 Å². The van der Waals surface area contributed by atoms with Gasteiger partial charge in [0.05, 0.1) is 6.10 Å². The molecule has 3 aromatic rings. The summed E-state index contributed by atoms with van der Waals surface area (Å²) >= 11 is 5.20. The second kappa shape index (κ2) is 8.33. The van der Waals surface area contributed by atoms with Crippen LogP contribution in [0.5, 0.6) is 0 Å². The Kier molecular flexibility index (Phi) is 5.67. The van der Waals surface area contributed by atoms with E-state index in [4.69, 9.17) is 4.74 Å². The van der Waals surface area contributed by atoms with E-state index in [0.717, 1.165) is 45.5 Å². The molecular weight excluding hydrogens is 412 g/mol. The third-order valence-electron chi connectivity index (χ3n) is 4.31. The standard InChI is InChI=1S/C19H19BrN4OS/c20-15-6-8-16(9-7-15)24-18(14-4-3-10-21-12-14)22-23-19(24)26-13-17-5-1-2-11-25-17/h3-4,6-10,12,17H,1-2,5,11,13H2/t17-/m1/s1. The van der Waals surface area contributed by atoms with Crippen LogP contribution in [-0.4, -0.2) is 38.2 Å². The van der Waals surface area contributed by atoms with E-state index in [2.05, 4.69) is 47.8 Å². The van der Waals surface area contributed by atoms with Gasteiger partial charge in [0.15, 0.2) is 11.0 Å². The minimum absolute atomic E-state index is 0.297. The zero-order chi connectivity index (χ0) is 17.8. The fourth-order valence-electron chi connectivity index (χ4n) is 2.97. The molecule has 134 valence electrons. The molecule has 0 aliphatic carbocycles. The van der Waals surface area contributed by atoms with Crippen LogP contribution in [0.4, 0.5) is 0 Å². The summed E-state index contributed by atoms with van der Waals surface area (Å²) in [5.74, 6) is 1.69. The van der Waals surface area contributed by atoms with Crippen molar-refractivity contribution in [3.8, 4) is 17.1 Å². The molecule has 0 amide bonds. The highest BCUT2D eigenvalue weighted by molar-refractivity contribution is 9.10. The number of rotatable bonds is 5. The summed E-state index contributed by atoms with van der Waals surface area (Å²) in [4.78, 5) is 4.22. The molecule has 3 heterocycles. The number of benzene rings is 1. The van der Waals surface area contributed by atoms with E-state index < -0.39 is 0 Å². The predicted octanol–water partition coefficient (Wildman–Crippen LogP) is 4.75. The van der Waals surface area contributed by atoms with Crippen molar-refractivity contribution in [3.63, 3.8) is 0 Å². The Morgan fingerprint density at radius 2 is 2.04 bits per heavy atom. The van der Waals surface area contributed by atoms with Crippen LogP contribution in [0.3, 0.4) is 0 Å². The van der Waals surface area contributed by atoms with Gasteiger partial charge in [0.1, 0.15) is 0 Å². The summed E-state index contributed by atoms with van der Waals surface area (Å²) in [5.41, 5.74) is 1.98. The molecule has 2 aromatic heterocycles. The van der Waals surface area contributed by atoms with Gasteiger partial charge in [-0.25, -0.2) is 0 Å². The van der Waals surface area contributed by atoms with Crippen molar-refractivity contribution in [3.05, 3.63) is 53.3 Å². The number of aromatic nitrogens is 4. The second-order valence-electron chi connectivity index (χ2n) is 6.16.